The summed E-state index contributed by atoms with van der Waals surface area (Å²) >= 11 is 0. The lowest BCUT2D eigenvalue weighted by molar-refractivity contribution is 0.496. The zero-order valence-corrected chi connectivity index (χ0v) is 22.6. The minimum Gasteiger partial charge on any atom is -0.341 e. The summed E-state index contributed by atoms with van der Waals surface area (Å²) in [7, 11) is 0. The van der Waals surface area contributed by atoms with Gasteiger partial charge < -0.3 is 10.6 Å². The van der Waals surface area contributed by atoms with E-state index in [9.17, 15) is 14.9 Å². The van der Waals surface area contributed by atoms with Gasteiger partial charge in [0.25, 0.3) is 5.56 Å². The molecule has 4 heterocycles. The molecule has 6 rings (SSSR count). The van der Waals surface area contributed by atoms with Crippen molar-refractivity contribution < 1.29 is 0 Å². The molecule has 5 aromatic rings. The van der Waals surface area contributed by atoms with Crippen LogP contribution in [0.2, 0.25) is 0 Å². The Balaban J connectivity index is 1.65. The van der Waals surface area contributed by atoms with E-state index >= 15 is 0 Å². The molecule has 0 spiro atoms. The molecule has 10 nitrogen and oxygen atoms in total. The molecule has 2 N–H and O–H groups in total. The molecule has 0 amide bonds. The minimum atomic E-state index is -0.530. The van der Waals surface area contributed by atoms with Gasteiger partial charge in [0.05, 0.1) is 30.0 Å². The number of fused-ring (bicyclic) bond motifs is 2. The third kappa shape index (κ3) is 4.54. The van der Waals surface area contributed by atoms with Crippen LogP contribution in [0.1, 0.15) is 31.0 Å². The highest BCUT2D eigenvalue weighted by Gasteiger charge is 2.27. The maximum Gasteiger partial charge on any atom is 0.337 e. The first-order valence-electron chi connectivity index (χ1n) is 13.5. The fraction of sp³-hybridized carbons (Fsp3) is 0.258. The first-order chi connectivity index (χ1) is 20.0. The number of benzene rings is 2. The summed E-state index contributed by atoms with van der Waals surface area (Å²) in [6, 6.07) is 18.7. The van der Waals surface area contributed by atoms with Crippen LogP contribution in [0.4, 0.5) is 5.95 Å². The monoisotopic (exact) mass is 544 g/mol. The Labute approximate surface area is 235 Å². The van der Waals surface area contributed by atoms with Gasteiger partial charge in [-0.05, 0) is 31.9 Å². The van der Waals surface area contributed by atoms with Crippen molar-refractivity contribution in [1.29, 1.82) is 5.26 Å². The molecule has 0 bridgehead atoms. The summed E-state index contributed by atoms with van der Waals surface area (Å²) in [6.45, 7) is 3.22. The fourth-order valence-corrected chi connectivity index (χ4v) is 5.53. The average Bonchev–Trinajstić information content (AvgIpc) is 3.38. The highest BCUT2D eigenvalue weighted by molar-refractivity contribution is 5.89. The molecular formula is C31H28N8O2. The zero-order chi connectivity index (χ0) is 28.5. The number of aromatic nitrogens is 5. The lowest BCUT2D eigenvalue weighted by Gasteiger charge is -2.31. The topological polar surface area (TPSA) is 128 Å². The third-order valence-corrected chi connectivity index (χ3v) is 7.49. The van der Waals surface area contributed by atoms with Gasteiger partial charge in [0.2, 0.25) is 5.95 Å². The summed E-state index contributed by atoms with van der Waals surface area (Å²) in [5.74, 6) is 6.56. The van der Waals surface area contributed by atoms with Gasteiger partial charge in [-0.15, -0.1) is 5.92 Å². The fourth-order valence-electron chi connectivity index (χ4n) is 5.53. The maximum absolute atomic E-state index is 14.3. The molecule has 41 heavy (non-hydrogen) atoms. The van der Waals surface area contributed by atoms with E-state index in [1.807, 2.05) is 54.6 Å². The predicted octanol–water partition coefficient (Wildman–Crippen LogP) is 2.77. The van der Waals surface area contributed by atoms with E-state index in [0.717, 1.165) is 19.4 Å². The zero-order valence-electron chi connectivity index (χ0n) is 22.6. The Morgan fingerprint density at radius 1 is 1.05 bits per heavy atom. The summed E-state index contributed by atoms with van der Waals surface area (Å²) in [6.07, 6.45) is 3.30. The normalized spacial score (nSPS) is 15.0. The molecule has 1 atom stereocenters. The molecular weight excluding hydrogens is 516 g/mol. The molecule has 1 saturated heterocycles. The molecule has 0 saturated carbocycles. The molecule has 1 aliphatic heterocycles. The molecule has 0 unspecified atom stereocenters. The molecule has 1 fully saturated rings. The molecule has 204 valence electrons. The van der Waals surface area contributed by atoms with E-state index in [1.54, 1.807) is 11.5 Å². The first-order valence-corrected chi connectivity index (χ1v) is 13.5. The van der Waals surface area contributed by atoms with Gasteiger partial charge in [0.1, 0.15) is 6.07 Å². The van der Waals surface area contributed by atoms with Gasteiger partial charge >= 0.3 is 5.69 Å². The second-order valence-corrected chi connectivity index (χ2v) is 10.1. The van der Waals surface area contributed by atoms with Crippen LogP contribution in [0.3, 0.4) is 0 Å². The van der Waals surface area contributed by atoms with E-state index in [0.29, 0.717) is 40.2 Å². The van der Waals surface area contributed by atoms with Crippen molar-refractivity contribution in [2.75, 3.05) is 18.0 Å². The minimum absolute atomic E-state index is 0.0158. The maximum atomic E-state index is 14.3. The second kappa shape index (κ2) is 10.8. The number of imidazole rings is 1. The standard InChI is InChI=1S/C31H28N8O2/c1-2-3-16-37-27-28(35-30(37)36-15-9-10-22(33)19-36)39(23-11-5-4-6-12-23)31(41)38(29(27)40)20-26-25-14-8-7-13-24(25)21(17-32)18-34-26/h4-8,11-14,18,22H,9-10,15-16,19-20,33H2,1H3/t22-/m1/s1. The van der Waals surface area contributed by atoms with Crippen LogP contribution < -0.4 is 21.9 Å². The van der Waals surface area contributed by atoms with Gasteiger partial charge in [-0.2, -0.15) is 10.2 Å². The van der Waals surface area contributed by atoms with Gasteiger partial charge in [-0.1, -0.05) is 48.4 Å². The van der Waals surface area contributed by atoms with Crippen LogP contribution in [0.15, 0.2) is 70.4 Å². The third-order valence-electron chi connectivity index (χ3n) is 7.49. The van der Waals surface area contributed by atoms with Crippen molar-refractivity contribution in [3.63, 3.8) is 0 Å². The molecule has 10 heteroatoms. The Morgan fingerprint density at radius 2 is 1.80 bits per heavy atom. The van der Waals surface area contributed by atoms with E-state index in [1.165, 1.54) is 15.3 Å². The second-order valence-electron chi connectivity index (χ2n) is 10.1. The van der Waals surface area contributed by atoms with Crippen LogP contribution in [0, 0.1) is 23.2 Å². The Kier molecular flexibility index (Phi) is 6.84. The van der Waals surface area contributed by atoms with Crippen molar-refractivity contribution in [3.8, 4) is 23.6 Å². The van der Waals surface area contributed by atoms with Crippen LogP contribution in [0.25, 0.3) is 27.6 Å². The van der Waals surface area contributed by atoms with Gasteiger partial charge in [-0.25, -0.2) is 9.36 Å². The van der Waals surface area contributed by atoms with Gasteiger partial charge in [0.15, 0.2) is 11.2 Å². The Morgan fingerprint density at radius 3 is 2.54 bits per heavy atom. The lowest BCUT2D eigenvalue weighted by atomic mass is 10.1. The van der Waals surface area contributed by atoms with Crippen LogP contribution in [0.5, 0.6) is 0 Å². The molecule has 0 radical (unpaired) electrons. The number of hydrogen-bond acceptors (Lipinski definition) is 7. The smallest absolute Gasteiger partial charge is 0.337 e. The number of piperidine rings is 1. The van der Waals surface area contributed by atoms with Crippen molar-refractivity contribution in [1.82, 2.24) is 23.7 Å². The number of anilines is 1. The van der Waals surface area contributed by atoms with Crippen LogP contribution in [-0.4, -0.2) is 42.8 Å². The molecule has 0 aliphatic carbocycles. The molecule has 2 aromatic carbocycles. The number of nitrogens with zero attached hydrogens (tertiary/aromatic N) is 7. The quantitative estimate of drug-likeness (QED) is 0.337. The molecule has 3 aromatic heterocycles. The van der Waals surface area contributed by atoms with E-state index in [4.69, 9.17) is 10.7 Å². The van der Waals surface area contributed by atoms with Crippen molar-refractivity contribution in [3.05, 3.63) is 92.9 Å². The van der Waals surface area contributed by atoms with Crippen molar-refractivity contribution >= 4 is 27.9 Å². The average molecular weight is 545 g/mol. The number of nitrogens with two attached hydrogens (primary N) is 1. The summed E-state index contributed by atoms with van der Waals surface area (Å²) in [5, 5.41) is 11.0. The number of nitriles is 1. The predicted molar refractivity (Wildman–Crippen MR) is 158 cm³/mol. The summed E-state index contributed by atoms with van der Waals surface area (Å²) < 4.78 is 4.47. The highest BCUT2D eigenvalue weighted by atomic mass is 16.2. The first kappa shape index (κ1) is 26.1. The van der Waals surface area contributed by atoms with E-state index < -0.39 is 11.2 Å². The largest absolute Gasteiger partial charge is 0.341 e. The lowest BCUT2D eigenvalue weighted by Crippen LogP contribution is -2.44. The SMILES string of the molecule is CC#CCn1c(N2CCC[C@@H](N)C2)nc2c1c(=O)n(Cc1ncc(C#N)c3ccccc13)c(=O)n2-c1ccccc1. The van der Waals surface area contributed by atoms with Crippen LogP contribution in [-0.2, 0) is 13.1 Å². The number of rotatable bonds is 5. The molecule has 1 aliphatic rings. The van der Waals surface area contributed by atoms with Gasteiger partial charge in [0, 0.05) is 36.1 Å². The highest BCUT2D eigenvalue weighted by Crippen LogP contribution is 2.25. The van der Waals surface area contributed by atoms with Crippen molar-refractivity contribution in [2.45, 2.75) is 38.9 Å². The number of pyridine rings is 1. The Bertz CT molecular complexity index is 2000. The van der Waals surface area contributed by atoms with E-state index in [-0.39, 0.29) is 30.3 Å². The van der Waals surface area contributed by atoms with Crippen molar-refractivity contribution in [2.24, 2.45) is 5.73 Å². The number of para-hydroxylation sites is 1. The summed E-state index contributed by atoms with van der Waals surface area (Å²) in [5.41, 5.74) is 7.37. The van der Waals surface area contributed by atoms with E-state index in [2.05, 4.69) is 27.8 Å². The van der Waals surface area contributed by atoms with Gasteiger partial charge in [-0.3, -0.25) is 18.9 Å². The van der Waals surface area contributed by atoms with Crippen LogP contribution >= 0.6 is 0 Å². The number of hydrogen-bond donors (Lipinski definition) is 1. The Hall–Kier alpha value is -5.19. The summed E-state index contributed by atoms with van der Waals surface area (Å²) in [4.78, 5) is 39.9.